The lowest BCUT2D eigenvalue weighted by Crippen LogP contribution is -2.29. The number of imide groups is 1. The van der Waals surface area contributed by atoms with Gasteiger partial charge >= 0.3 is 0 Å². The van der Waals surface area contributed by atoms with Crippen molar-refractivity contribution in [2.45, 2.75) is 12.8 Å². The number of nitrogen functional groups attached to an aromatic ring is 1. The fourth-order valence-corrected chi connectivity index (χ4v) is 1.44. The van der Waals surface area contributed by atoms with Gasteiger partial charge in [0.25, 0.3) is 0 Å². The third-order valence-electron chi connectivity index (χ3n) is 2.11. The van der Waals surface area contributed by atoms with Gasteiger partial charge in [-0.05, 0) is 12.1 Å². The number of nitrogens with two attached hydrogens (primary N) is 1. The summed E-state index contributed by atoms with van der Waals surface area (Å²) in [6.45, 7) is 0. The molecule has 1 aliphatic heterocycles. The maximum atomic E-state index is 11.4. The van der Waals surface area contributed by atoms with E-state index in [0.717, 1.165) is 4.90 Å². The van der Waals surface area contributed by atoms with Crippen molar-refractivity contribution in [3.63, 3.8) is 0 Å². The van der Waals surface area contributed by atoms with Gasteiger partial charge in [-0.25, -0.2) is 9.88 Å². The molecule has 0 atom stereocenters. The second-order valence-corrected chi connectivity index (χ2v) is 3.03. The summed E-state index contributed by atoms with van der Waals surface area (Å²) >= 11 is 0. The number of anilines is 2. The molecule has 1 aromatic rings. The van der Waals surface area contributed by atoms with Crippen LogP contribution in [-0.4, -0.2) is 16.8 Å². The number of amides is 2. The van der Waals surface area contributed by atoms with Crippen molar-refractivity contribution in [2.24, 2.45) is 0 Å². The summed E-state index contributed by atoms with van der Waals surface area (Å²) in [5.74, 6) is -0.222. The van der Waals surface area contributed by atoms with E-state index >= 15 is 0 Å². The monoisotopic (exact) mass is 191 g/mol. The third kappa shape index (κ3) is 1.22. The second kappa shape index (κ2) is 3.10. The van der Waals surface area contributed by atoms with Gasteiger partial charge in [-0.15, -0.1) is 0 Å². The molecule has 0 aromatic carbocycles. The lowest BCUT2D eigenvalue weighted by Gasteiger charge is -2.14. The van der Waals surface area contributed by atoms with Crippen LogP contribution in [0.25, 0.3) is 0 Å². The van der Waals surface area contributed by atoms with Crippen LogP contribution in [-0.2, 0) is 9.59 Å². The Morgan fingerprint density at radius 3 is 2.50 bits per heavy atom. The van der Waals surface area contributed by atoms with Crippen LogP contribution in [0.5, 0.6) is 0 Å². The van der Waals surface area contributed by atoms with Crippen molar-refractivity contribution < 1.29 is 9.59 Å². The summed E-state index contributed by atoms with van der Waals surface area (Å²) < 4.78 is 0. The molecule has 1 saturated heterocycles. The van der Waals surface area contributed by atoms with E-state index in [9.17, 15) is 9.59 Å². The second-order valence-electron chi connectivity index (χ2n) is 3.03. The van der Waals surface area contributed by atoms with E-state index in [1.165, 1.54) is 6.20 Å². The maximum Gasteiger partial charge on any atom is 0.234 e. The lowest BCUT2D eigenvalue weighted by atomic mass is 10.3. The Morgan fingerprint density at radius 2 is 1.93 bits per heavy atom. The summed E-state index contributed by atoms with van der Waals surface area (Å²) in [7, 11) is 0. The van der Waals surface area contributed by atoms with Crippen molar-refractivity contribution >= 4 is 23.3 Å². The van der Waals surface area contributed by atoms with E-state index in [-0.39, 0.29) is 30.5 Å². The highest BCUT2D eigenvalue weighted by atomic mass is 16.2. The van der Waals surface area contributed by atoms with Crippen LogP contribution in [0, 0.1) is 0 Å². The van der Waals surface area contributed by atoms with Gasteiger partial charge in [-0.3, -0.25) is 9.59 Å². The lowest BCUT2D eigenvalue weighted by molar-refractivity contribution is -0.121. The summed E-state index contributed by atoms with van der Waals surface area (Å²) in [4.78, 5) is 27.6. The summed E-state index contributed by atoms with van der Waals surface area (Å²) in [6, 6.07) is 3.26. The number of pyridine rings is 1. The molecule has 72 valence electrons. The summed E-state index contributed by atoms with van der Waals surface area (Å²) in [6.07, 6.45) is 2.03. The van der Waals surface area contributed by atoms with Crippen molar-refractivity contribution in [3.05, 3.63) is 18.3 Å². The highest BCUT2D eigenvalue weighted by Gasteiger charge is 2.31. The molecule has 0 radical (unpaired) electrons. The fourth-order valence-electron chi connectivity index (χ4n) is 1.44. The van der Waals surface area contributed by atoms with Crippen LogP contribution >= 0.6 is 0 Å². The first kappa shape index (κ1) is 8.68. The molecule has 2 rings (SSSR count). The Kier molecular flexibility index (Phi) is 1.92. The van der Waals surface area contributed by atoms with Gasteiger partial charge in [0, 0.05) is 19.0 Å². The maximum absolute atomic E-state index is 11.4. The zero-order valence-corrected chi connectivity index (χ0v) is 7.43. The van der Waals surface area contributed by atoms with Gasteiger partial charge in [0.05, 0.1) is 5.69 Å². The Bertz CT molecular complexity index is 387. The number of hydrogen-bond acceptors (Lipinski definition) is 4. The third-order valence-corrected chi connectivity index (χ3v) is 2.11. The molecule has 0 aliphatic carbocycles. The van der Waals surface area contributed by atoms with Gasteiger partial charge in [0.1, 0.15) is 5.82 Å². The first-order valence-corrected chi connectivity index (χ1v) is 4.26. The van der Waals surface area contributed by atoms with Gasteiger partial charge in [-0.2, -0.15) is 0 Å². The quantitative estimate of drug-likeness (QED) is 0.648. The fraction of sp³-hybridized carbons (Fsp3) is 0.222. The minimum Gasteiger partial charge on any atom is -0.382 e. The molecular weight excluding hydrogens is 182 g/mol. The Morgan fingerprint density at radius 1 is 1.29 bits per heavy atom. The van der Waals surface area contributed by atoms with E-state index in [1.807, 2.05) is 0 Å². The first-order valence-electron chi connectivity index (χ1n) is 4.26. The molecule has 0 spiro atoms. The van der Waals surface area contributed by atoms with Gasteiger partial charge in [0.2, 0.25) is 11.8 Å². The van der Waals surface area contributed by atoms with E-state index in [2.05, 4.69) is 4.98 Å². The smallest absolute Gasteiger partial charge is 0.234 e. The Balaban J connectivity index is 2.44. The molecule has 2 amide bonds. The number of nitrogens with zero attached hydrogens (tertiary/aromatic N) is 2. The van der Waals surface area contributed by atoms with Crippen LogP contribution in [0.3, 0.4) is 0 Å². The van der Waals surface area contributed by atoms with Crippen LogP contribution in [0.2, 0.25) is 0 Å². The van der Waals surface area contributed by atoms with Crippen LogP contribution in [0.1, 0.15) is 12.8 Å². The number of aromatic nitrogens is 1. The van der Waals surface area contributed by atoms with Crippen LogP contribution in [0.15, 0.2) is 18.3 Å². The van der Waals surface area contributed by atoms with Crippen molar-refractivity contribution in [1.82, 2.24) is 4.98 Å². The molecule has 0 bridgehead atoms. The normalized spacial score (nSPS) is 16.4. The average molecular weight is 191 g/mol. The SMILES string of the molecule is Nc1ncccc1N1C(=O)CCC1=O. The molecule has 5 nitrogen and oxygen atoms in total. The first-order chi connectivity index (χ1) is 6.70. The van der Waals surface area contributed by atoms with Gasteiger partial charge in [-0.1, -0.05) is 0 Å². The van der Waals surface area contributed by atoms with E-state index in [4.69, 9.17) is 5.73 Å². The zero-order chi connectivity index (χ0) is 10.1. The average Bonchev–Trinajstić information content (AvgIpc) is 2.48. The summed E-state index contributed by atoms with van der Waals surface area (Å²) in [5.41, 5.74) is 5.96. The largest absolute Gasteiger partial charge is 0.382 e. The van der Waals surface area contributed by atoms with Crippen molar-refractivity contribution in [2.75, 3.05) is 10.6 Å². The molecule has 1 aliphatic rings. The van der Waals surface area contributed by atoms with E-state index in [1.54, 1.807) is 12.1 Å². The van der Waals surface area contributed by atoms with Crippen molar-refractivity contribution in [3.8, 4) is 0 Å². The minimum absolute atomic E-state index is 0.205. The standard InChI is InChI=1S/C9H9N3O2/c10-9-6(2-1-5-11-9)12-7(13)3-4-8(12)14/h1-2,5H,3-4H2,(H2,10,11). The number of hydrogen-bond donors (Lipinski definition) is 1. The van der Waals surface area contributed by atoms with E-state index in [0.29, 0.717) is 5.69 Å². The Labute approximate surface area is 80.5 Å². The topological polar surface area (TPSA) is 76.3 Å². The molecule has 0 saturated carbocycles. The van der Waals surface area contributed by atoms with Gasteiger partial charge in [0.15, 0.2) is 0 Å². The zero-order valence-electron chi connectivity index (χ0n) is 7.43. The highest BCUT2D eigenvalue weighted by Crippen LogP contribution is 2.25. The molecule has 2 N–H and O–H groups in total. The molecule has 1 fully saturated rings. The number of carbonyl (C=O) groups is 2. The minimum atomic E-state index is -0.213. The Hall–Kier alpha value is -1.91. The van der Waals surface area contributed by atoms with E-state index < -0.39 is 0 Å². The van der Waals surface area contributed by atoms with Crippen molar-refractivity contribution in [1.29, 1.82) is 0 Å². The molecule has 14 heavy (non-hydrogen) atoms. The predicted molar refractivity (Wildman–Crippen MR) is 50.4 cm³/mol. The van der Waals surface area contributed by atoms with Crippen LogP contribution in [0.4, 0.5) is 11.5 Å². The molecule has 0 unspecified atom stereocenters. The molecule has 5 heteroatoms. The summed E-state index contributed by atoms with van der Waals surface area (Å²) in [5, 5.41) is 0. The number of rotatable bonds is 1. The molecular formula is C9H9N3O2. The van der Waals surface area contributed by atoms with Gasteiger partial charge < -0.3 is 5.73 Å². The number of carbonyl (C=O) groups excluding carboxylic acids is 2. The van der Waals surface area contributed by atoms with Crippen LogP contribution < -0.4 is 10.6 Å². The highest BCUT2D eigenvalue weighted by molar-refractivity contribution is 6.20. The predicted octanol–water partition coefficient (Wildman–Crippen LogP) is 0.317. The molecule has 1 aromatic heterocycles. The molecule has 2 heterocycles.